The molecule has 1 heterocycles. The van der Waals surface area contributed by atoms with E-state index in [1.54, 1.807) is 6.20 Å². The van der Waals surface area contributed by atoms with Gasteiger partial charge >= 0.3 is 0 Å². The molecule has 4 nitrogen and oxygen atoms in total. The van der Waals surface area contributed by atoms with Crippen LogP contribution in [-0.4, -0.2) is 34.6 Å². The molecule has 2 N–H and O–H groups in total. The summed E-state index contributed by atoms with van der Waals surface area (Å²) in [5, 5.41) is 7.04. The van der Waals surface area contributed by atoms with Crippen molar-refractivity contribution in [1.29, 1.82) is 0 Å². The Morgan fingerprint density at radius 2 is 2.28 bits per heavy atom. The van der Waals surface area contributed by atoms with Crippen molar-refractivity contribution in [2.24, 2.45) is 0 Å². The van der Waals surface area contributed by atoms with Crippen molar-refractivity contribution in [3.05, 3.63) is 11.2 Å². The summed E-state index contributed by atoms with van der Waals surface area (Å²) in [5.74, 6) is 2.46. The van der Waals surface area contributed by atoms with E-state index in [0.29, 0.717) is 22.8 Å². The zero-order valence-electron chi connectivity index (χ0n) is 11.2. The molecule has 1 atom stereocenters. The van der Waals surface area contributed by atoms with Crippen LogP contribution in [0.15, 0.2) is 6.20 Å². The molecule has 102 valence electrons. The number of hydrogen-bond acceptors (Lipinski definition) is 5. The van der Waals surface area contributed by atoms with Crippen LogP contribution in [0.2, 0.25) is 5.02 Å². The van der Waals surface area contributed by atoms with Gasteiger partial charge < -0.3 is 10.6 Å². The molecule has 0 amide bonds. The average Bonchev–Trinajstić information content (AvgIpc) is 2.37. The summed E-state index contributed by atoms with van der Waals surface area (Å²) in [6, 6.07) is 0.351. The Kier molecular flexibility index (Phi) is 7.20. The van der Waals surface area contributed by atoms with E-state index in [2.05, 4.69) is 40.7 Å². The minimum absolute atomic E-state index is 0.351. The van der Waals surface area contributed by atoms with E-state index < -0.39 is 0 Å². The Morgan fingerprint density at radius 1 is 1.50 bits per heavy atom. The van der Waals surface area contributed by atoms with Crippen molar-refractivity contribution in [3.63, 3.8) is 0 Å². The second-order valence-electron chi connectivity index (χ2n) is 4.14. The van der Waals surface area contributed by atoms with Gasteiger partial charge in [-0.2, -0.15) is 16.7 Å². The van der Waals surface area contributed by atoms with Crippen LogP contribution in [0.4, 0.5) is 11.8 Å². The summed E-state index contributed by atoms with van der Waals surface area (Å²) >= 11 is 7.93. The van der Waals surface area contributed by atoms with Crippen LogP contribution in [0.25, 0.3) is 0 Å². The number of rotatable bonds is 8. The zero-order valence-corrected chi connectivity index (χ0v) is 12.7. The maximum Gasteiger partial charge on any atom is 0.224 e. The Labute approximate surface area is 118 Å². The van der Waals surface area contributed by atoms with E-state index >= 15 is 0 Å². The van der Waals surface area contributed by atoms with E-state index in [-0.39, 0.29) is 0 Å². The molecule has 6 heteroatoms. The summed E-state index contributed by atoms with van der Waals surface area (Å²) in [4.78, 5) is 8.53. The molecule has 0 aliphatic rings. The molecule has 18 heavy (non-hydrogen) atoms. The lowest BCUT2D eigenvalue weighted by Gasteiger charge is -2.15. The maximum atomic E-state index is 6.09. The van der Waals surface area contributed by atoms with E-state index in [1.807, 2.05) is 11.8 Å². The first-order valence-corrected chi connectivity index (χ1v) is 7.96. The molecule has 0 aromatic carbocycles. The lowest BCUT2D eigenvalue weighted by molar-refractivity contribution is 0.766. The second-order valence-corrected chi connectivity index (χ2v) is 5.54. The van der Waals surface area contributed by atoms with E-state index in [1.165, 1.54) is 0 Å². The van der Waals surface area contributed by atoms with Crippen LogP contribution in [0.5, 0.6) is 0 Å². The standard InChI is InChI=1S/C12H21ClN4S/c1-4-6-14-12-15-8-10(13)11(17-12)16-9(2)5-7-18-3/h8-9H,4-7H2,1-3H3,(H2,14,15,16,17). The van der Waals surface area contributed by atoms with Gasteiger partial charge in [0.2, 0.25) is 5.95 Å². The molecule has 0 fully saturated rings. The van der Waals surface area contributed by atoms with Crippen molar-refractivity contribution >= 4 is 35.1 Å². The molecule has 1 aromatic heterocycles. The van der Waals surface area contributed by atoms with Crippen LogP contribution < -0.4 is 10.6 Å². The number of nitrogens with one attached hydrogen (secondary N) is 2. The molecule has 0 spiro atoms. The summed E-state index contributed by atoms with van der Waals surface area (Å²) in [6.07, 6.45) is 5.87. The molecule has 0 saturated carbocycles. The fourth-order valence-electron chi connectivity index (χ4n) is 1.39. The minimum Gasteiger partial charge on any atom is -0.366 e. The van der Waals surface area contributed by atoms with Gasteiger partial charge in [-0.3, -0.25) is 0 Å². The number of aromatic nitrogens is 2. The van der Waals surface area contributed by atoms with E-state index in [9.17, 15) is 0 Å². The molecule has 1 rings (SSSR count). The largest absolute Gasteiger partial charge is 0.366 e. The second kappa shape index (κ2) is 8.43. The predicted octanol–water partition coefficient (Wildman–Crippen LogP) is 3.51. The van der Waals surface area contributed by atoms with Gasteiger partial charge in [-0.05, 0) is 31.8 Å². The smallest absolute Gasteiger partial charge is 0.224 e. The van der Waals surface area contributed by atoms with Gasteiger partial charge in [-0.1, -0.05) is 18.5 Å². The van der Waals surface area contributed by atoms with Gasteiger partial charge in [0, 0.05) is 12.6 Å². The zero-order chi connectivity index (χ0) is 13.4. The minimum atomic E-state index is 0.351. The molecule has 0 bridgehead atoms. The Hall–Kier alpha value is -0.680. The molecule has 0 aliphatic heterocycles. The fraction of sp³-hybridized carbons (Fsp3) is 0.667. The average molecular weight is 289 g/mol. The van der Waals surface area contributed by atoms with Crippen LogP contribution >= 0.6 is 23.4 Å². The molecule has 1 unspecified atom stereocenters. The molecule has 0 saturated heterocycles. The highest BCUT2D eigenvalue weighted by atomic mass is 35.5. The number of halogens is 1. The lowest BCUT2D eigenvalue weighted by atomic mass is 10.2. The van der Waals surface area contributed by atoms with Crippen LogP contribution in [0.1, 0.15) is 26.7 Å². The van der Waals surface area contributed by atoms with Gasteiger partial charge in [0.15, 0.2) is 5.82 Å². The molecule has 0 radical (unpaired) electrons. The Balaban J connectivity index is 2.62. The Bertz CT molecular complexity index is 362. The molecule has 1 aromatic rings. The first-order valence-electron chi connectivity index (χ1n) is 6.19. The van der Waals surface area contributed by atoms with Gasteiger partial charge in [-0.25, -0.2) is 4.98 Å². The fourth-order valence-corrected chi connectivity index (χ4v) is 2.13. The molecular formula is C12H21ClN4S. The maximum absolute atomic E-state index is 6.09. The third-order valence-corrected chi connectivity index (χ3v) is 3.34. The van der Waals surface area contributed by atoms with Crippen LogP contribution in [0.3, 0.4) is 0 Å². The van der Waals surface area contributed by atoms with Gasteiger partial charge in [-0.15, -0.1) is 0 Å². The number of thioether (sulfide) groups is 1. The van der Waals surface area contributed by atoms with E-state index in [4.69, 9.17) is 11.6 Å². The van der Waals surface area contributed by atoms with Gasteiger partial charge in [0.1, 0.15) is 5.02 Å². The first-order chi connectivity index (χ1) is 8.67. The number of anilines is 2. The SMILES string of the molecule is CCCNc1ncc(Cl)c(NC(C)CCSC)n1. The van der Waals surface area contributed by atoms with Crippen molar-refractivity contribution in [3.8, 4) is 0 Å². The highest BCUT2D eigenvalue weighted by Gasteiger charge is 2.08. The number of hydrogen-bond donors (Lipinski definition) is 2. The Morgan fingerprint density at radius 3 is 2.94 bits per heavy atom. The normalized spacial score (nSPS) is 12.2. The van der Waals surface area contributed by atoms with Crippen LogP contribution in [0, 0.1) is 0 Å². The van der Waals surface area contributed by atoms with Crippen molar-refractivity contribution in [1.82, 2.24) is 9.97 Å². The monoisotopic (exact) mass is 288 g/mol. The lowest BCUT2D eigenvalue weighted by Crippen LogP contribution is -2.18. The first kappa shape index (κ1) is 15.4. The molecular weight excluding hydrogens is 268 g/mol. The topological polar surface area (TPSA) is 49.8 Å². The molecule has 0 aliphatic carbocycles. The predicted molar refractivity (Wildman–Crippen MR) is 81.9 cm³/mol. The summed E-state index contributed by atoms with van der Waals surface area (Å²) in [5.41, 5.74) is 0. The van der Waals surface area contributed by atoms with Gasteiger partial charge in [0.05, 0.1) is 6.20 Å². The van der Waals surface area contributed by atoms with Crippen molar-refractivity contribution < 1.29 is 0 Å². The third-order valence-electron chi connectivity index (χ3n) is 2.42. The van der Waals surface area contributed by atoms with E-state index in [0.717, 1.165) is 25.1 Å². The van der Waals surface area contributed by atoms with Crippen molar-refractivity contribution in [2.75, 3.05) is 29.2 Å². The van der Waals surface area contributed by atoms with Gasteiger partial charge in [0.25, 0.3) is 0 Å². The summed E-state index contributed by atoms with van der Waals surface area (Å²) in [6.45, 7) is 5.10. The quantitative estimate of drug-likeness (QED) is 0.767. The third kappa shape index (κ3) is 5.31. The summed E-state index contributed by atoms with van der Waals surface area (Å²) in [7, 11) is 0. The summed E-state index contributed by atoms with van der Waals surface area (Å²) < 4.78 is 0. The van der Waals surface area contributed by atoms with Crippen LogP contribution in [-0.2, 0) is 0 Å². The van der Waals surface area contributed by atoms with Crippen molar-refractivity contribution in [2.45, 2.75) is 32.7 Å². The highest BCUT2D eigenvalue weighted by Crippen LogP contribution is 2.20. The highest BCUT2D eigenvalue weighted by molar-refractivity contribution is 7.98. The number of nitrogens with zero attached hydrogens (tertiary/aromatic N) is 2.